The molecular weight excluding hydrogens is 342 g/mol. The van der Waals surface area contributed by atoms with Gasteiger partial charge in [-0.1, -0.05) is 26.0 Å². The summed E-state index contributed by atoms with van der Waals surface area (Å²) in [5, 5.41) is 6.28. The van der Waals surface area contributed by atoms with E-state index in [4.69, 9.17) is 17.0 Å². The molecule has 2 N–H and O–H groups in total. The Morgan fingerprint density at radius 2 is 1.80 bits per heavy atom. The van der Waals surface area contributed by atoms with Crippen molar-refractivity contribution in [2.75, 3.05) is 12.4 Å². The van der Waals surface area contributed by atoms with Crippen molar-refractivity contribution in [2.24, 2.45) is 5.92 Å². The number of hydrogen-bond donors (Lipinski definition) is 2. The maximum absolute atomic E-state index is 13.8. The number of hydrogen-bond acceptors (Lipinski definition) is 2. The van der Waals surface area contributed by atoms with Crippen LogP contribution in [-0.2, 0) is 0 Å². The molecule has 0 aromatic heterocycles. The third-order valence-electron chi connectivity index (χ3n) is 3.71. The van der Waals surface area contributed by atoms with Crippen LogP contribution in [0.2, 0.25) is 0 Å². The lowest BCUT2D eigenvalue weighted by Gasteiger charge is -2.23. The third kappa shape index (κ3) is 5.67. The van der Waals surface area contributed by atoms with Gasteiger partial charge in [-0.05, 0) is 54.4 Å². The minimum Gasteiger partial charge on any atom is -0.497 e. The number of nitrogens with one attached hydrogen (secondary N) is 2. The summed E-state index contributed by atoms with van der Waals surface area (Å²) in [5.41, 5.74) is 1.19. The van der Waals surface area contributed by atoms with Crippen LogP contribution in [0.5, 0.6) is 5.75 Å². The highest BCUT2D eigenvalue weighted by molar-refractivity contribution is 7.80. The first-order valence-corrected chi connectivity index (χ1v) is 8.46. The van der Waals surface area contributed by atoms with Gasteiger partial charge in [0.15, 0.2) is 5.11 Å². The normalized spacial score (nSPS) is 11.9. The average molecular weight is 364 g/mol. The molecule has 0 aliphatic rings. The molecule has 1 atom stereocenters. The maximum atomic E-state index is 13.8. The molecule has 3 nitrogen and oxygen atoms in total. The monoisotopic (exact) mass is 364 g/mol. The van der Waals surface area contributed by atoms with Crippen molar-refractivity contribution < 1.29 is 13.5 Å². The largest absolute Gasteiger partial charge is 0.497 e. The van der Waals surface area contributed by atoms with Crippen molar-refractivity contribution >= 4 is 23.0 Å². The van der Waals surface area contributed by atoms with Crippen LogP contribution >= 0.6 is 12.2 Å². The zero-order chi connectivity index (χ0) is 18.4. The molecule has 2 rings (SSSR count). The van der Waals surface area contributed by atoms with Gasteiger partial charge >= 0.3 is 0 Å². The van der Waals surface area contributed by atoms with Gasteiger partial charge in [0.05, 0.1) is 18.8 Å². The Morgan fingerprint density at radius 1 is 1.12 bits per heavy atom. The summed E-state index contributed by atoms with van der Waals surface area (Å²) in [6, 6.07) is 11.0. The summed E-state index contributed by atoms with van der Waals surface area (Å²) in [5.74, 6) is -0.0991. The van der Waals surface area contributed by atoms with Gasteiger partial charge in [0.25, 0.3) is 0 Å². The summed E-state index contributed by atoms with van der Waals surface area (Å²) in [6.07, 6.45) is 0.847. The van der Waals surface area contributed by atoms with Crippen LogP contribution in [0.3, 0.4) is 0 Å². The molecule has 0 bridgehead atoms. The molecule has 0 amide bonds. The zero-order valence-corrected chi connectivity index (χ0v) is 15.3. The van der Waals surface area contributed by atoms with Crippen molar-refractivity contribution in [3.05, 3.63) is 59.7 Å². The number of halogens is 2. The van der Waals surface area contributed by atoms with E-state index in [0.717, 1.165) is 23.8 Å². The fourth-order valence-corrected chi connectivity index (χ4v) is 2.75. The van der Waals surface area contributed by atoms with E-state index in [1.165, 1.54) is 12.1 Å². The van der Waals surface area contributed by atoms with Gasteiger partial charge < -0.3 is 15.4 Å². The lowest BCUT2D eigenvalue weighted by atomic mass is 9.97. The van der Waals surface area contributed by atoms with Crippen molar-refractivity contribution in [2.45, 2.75) is 26.3 Å². The van der Waals surface area contributed by atoms with Gasteiger partial charge in [-0.15, -0.1) is 0 Å². The van der Waals surface area contributed by atoms with Crippen molar-refractivity contribution in [3.63, 3.8) is 0 Å². The number of rotatable bonds is 6. The van der Waals surface area contributed by atoms with Crippen molar-refractivity contribution in [1.82, 2.24) is 5.32 Å². The third-order valence-corrected chi connectivity index (χ3v) is 3.93. The molecule has 0 saturated carbocycles. The Kier molecular flexibility index (Phi) is 6.70. The molecule has 0 aliphatic carbocycles. The van der Waals surface area contributed by atoms with Crippen LogP contribution in [0.4, 0.5) is 14.5 Å². The minimum atomic E-state index is -0.686. The molecule has 2 aromatic carbocycles. The molecule has 0 spiro atoms. The Labute approximate surface area is 152 Å². The van der Waals surface area contributed by atoms with Gasteiger partial charge in [-0.2, -0.15) is 0 Å². The smallest absolute Gasteiger partial charge is 0.171 e. The minimum absolute atomic E-state index is 0.0329. The second-order valence-corrected chi connectivity index (χ2v) is 6.59. The van der Waals surface area contributed by atoms with E-state index >= 15 is 0 Å². The Morgan fingerprint density at radius 3 is 2.36 bits per heavy atom. The molecule has 0 unspecified atom stereocenters. The van der Waals surface area contributed by atoms with E-state index in [1.54, 1.807) is 7.11 Å². The summed E-state index contributed by atoms with van der Waals surface area (Å²) in [4.78, 5) is 0. The average Bonchev–Trinajstić information content (AvgIpc) is 2.56. The van der Waals surface area contributed by atoms with Crippen LogP contribution < -0.4 is 15.4 Å². The molecule has 2 aromatic rings. The Hall–Kier alpha value is -2.21. The Balaban J connectivity index is 2.11. The highest BCUT2D eigenvalue weighted by Crippen LogP contribution is 2.24. The fraction of sp³-hybridized carbons (Fsp3) is 0.316. The molecule has 0 heterocycles. The highest BCUT2D eigenvalue weighted by Gasteiger charge is 2.15. The fourth-order valence-electron chi connectivity index (χ4n) is 2.49. The summed E-state index contributed by atoms with van der Waals surface area (Å²) in [6.45, 7) is 4.24. The van der Waals surface area contributed by atoms with Crippen LogP contribution in [0.1, 0.15) is 31.9 Å². The van der Waals surface area contributed by atoms with Crippen molar-refractivity contribution in [1.29, 1.82) is 0 Å². The quantitative estimate of drug-likeness (QED) is 0.703. The molecule has 0 saturated heterocycles. The molecule has 6 heteroatoms. The van der Waals surface area contributed by atoms with Gasteiger partial charge in [-0.25, -0.2) is 8.78 Å². The second kappa shape index (κ2) is 8.76. The van der Waals surface area contributed by atoms with E-state index in [9.17, 15) is 8.78 Å². The molecule has 25 heavy (non-hydrogen) atoms. The van der Waals surface area contributed by atoms with E-state index in [-0.39, 0.29) is 16.8 Å². The molecule has 0 radical (unpaired) electrons. The Bertz CT molecular complexity index is 720. The number of anilines is 1. The first-order chi connectivity index (χ1) is 11.9. The summed E-state index contributed by atoms with van der Waals surface area (Å²) >= 11 is 5.30. The van der Waals surface area contributed by atoms with E-state index in [2.05, 4.69) is 24.5 Å². The second-order valence-electron chi connectivity index (χ2n) is 6.18. The first kappa shape index (κ1) is 19.1. The van der Waals surface area contributed by atoms with E-state index < -0.39 is 11.6 Å². The zero-order valence-electron chi connectivity index (χ0n) is 14.5. The first-order valence-electron chi connectivity index (χ1n) is 8.05. The van der Waals surface area contributed by atoms with Crippen molar-refractivity contribution in [3.8, 4) is 5.75 Å². The molecule has 134 valence electrons. The van der Waals surface area contributed by atoms with E-state index in [0.29, 0.717) is 5.92 Å². The standard InChI is InChI=1S/C19H22F2N2OS/c1-12(2)10-18(13-4-7-15(24-3)8-5-13)23-19(25)22-17-9-6-14(20)11-16(17)21/h4-9,11-12,18H,10H2,1-3H3,(H2,22,23,25)/t18-/m0/s1. The van der Waals surface area contributed by atoms with Crippen LogP contribution in [0.25, 0.3) is 0 Å². The molecule has 0 aliphatic heterocycles. The maximum Gasteiger partial charge on any atom is 0.171 e. The molecule has 0 fully saturated rings. The van der Waals surface area contributed by atoms with Gasteiger partial charge in [0.1, 0.15) is 17.4 Å². The number of thiocarbonyl (C=S) groups is 1. The topological polar surface area (TPSA) is 33.3 Å². The summed E-state index contributed by atoms with van der Waals surface area (Å²) in [7, 11) is 1.62. The lowest BCUT2D eigenvalue weighted by Crippen LogP contribution is -2.33. The van der Waals surface area contributed by atoms with Crippen LogP contribution in [0, 0.1) is 17.6 Å². The van der Waals surface area contributed by atoms with Gasteiger partial charge in [0, 0.05) is 6.07 Å². The van der Waals surface area contributed by atoms with Crippen LogP contribution in [-0.4, -0.2) is 12.2 Å². The van der Waals surface area contributed by atoms with Gasteiger partial charge in [-0.3, -0.25) is 0 Å². The highest BCUT2D eigenvalue weighted by atomic mass is 32.1. The number of methoxy groups -OCH3 is 1. The lowest BCUT2D eigenvalue weighted by molar-refractivity contribution is 0.414. The van der Waals surface area contributed by atoms with Gasteiger partial charge in [0.2, 0.25) is 0 Å². The molecular formula is C19H22F2N2OS. The predicted octanol–water partition coefficient (Wildman–Crippen LogP) is 5.05. The number of benzene rings is 2. The van der Waals surface area contributed by atoms with E-state index in [1.807, 2.05) is 24.3 Å². The summed E-state index contributed by atoms with van der Waals surface area (Å²) < 4.78 is 31.9. The van der Waals surface area contributed by atoms with Crippen LogP contribution in [0.15, 0.2) is 42.5 Å². The number of ether oxygens (including phenoxy) is 1. The SMILES string of the molecule is COc1ccc([C@H](CC(C)C)NC(=S)Nc2ccc(F)cc2F)cc1. The predicted molar refractivity (Wildman–Crippen MR) is 101 cm³/mol.